The van der Waals surface area contributed by atoms with Crippen LogP contribution in [-0.4, -0.2) is 35.3 Å². The van der Waals surface area contributed by atoms with Crippen LogP contribution < -0.4 is 15.8 Å². The van der Waals surface area contributed by atoms with E-state index in [2.05, 4.69) is 10.4 Å². The SMILES string of the molecule is COc1ccc(-n2ncc(C(=O)C3CCCN3)c2N)cc1. The summed E-state index contributed by atoms with van der Waals surface area (Å²) >= 11 is 0. The second kappa shape index (κ2) is 5.57. The molecule has 110 valence electrons. The first kappa shape index (κ1) is 13.6. The fraction of sp³-hybridized carbons (Fsp3) is 0.333. The summed E-state index contributed by atoms with van der Waals surface area (Å²) in [7, 11) is 1.61. The number of nitrogen functional groups attached to an aromatic ring is 1. The molecule has 0 bridgehead atoms. The Balaban J connectivity index is 1.89. The summed E-state index contributed by atoms with van der Waals surface area (Å²) in [6.07, 6.45) is 3.41. The third kappa shape index (κ3) is 2.50. The molecule has 0 aliphatic carbocycles. The summed E-state index contributed by atoms with van der Waals surface area (Å²) < 4.78 is 6.69. The van der Waals surface area contributed by atoms with Gasteiger partial charge in [-0.25, -0.2) is 4.68 Å². The first-order valence-corrected chi connectivity index (χ1v) is 6.96. The monoisotopic (exact) mass is 286 g/mol. The van der Waals surface area contributed by atoms with Gasteiger partial charge in [0.15, 0.2) is 5.78 Å². The van der Waals surface area contributed by atoms with Crippen LogP contribution in [0.15, 0.2) is 30.5 Å². The van der Waals surface area contributed by atoms with Gasteiger partial charge in [0.05, 0.1) is 30.6 Å². The van der Waals surface area contributed by atoms with Gasteiger partial charge in [0.25, 0.3) is 0 Å². The minimum absolute atomic E-state index is 0.0183. The van der Waals surface area contributed by atoms with E-state index >= 15 is 0 Å². The van der Waals surface area contributed by atoms with Gasteiger partial charge in [0, 0.05) is 0 Å². The predicted molar refractivity (Wildman–Crippen MR) is 79.9 cm³/mol. The smallest absolute Gasteiger partial charge is 0.185 e. The van der Waals surface area contributed by atoms with Gasteiger partial charge in [0.1, 0.15) is 11.6 Å². The third-order valence-electron chi connectivity index (χ3n) is 3.77. The Hall–Kier alpha value is -2.34. The maximum atomic E-state index is 12.4. The molecule has 3 rings (SSSR count). The Morgan fingerprint density at radius 2 is 2.19 bits per heavy atom. The molecule has 6 nitrogen and oxygen atoms in total. The average molecular weight is 286 g/mol. The van der Waals surface area contributed by atoms with Crippen LogP contribution in [0.1, 0.15) is 23.2 Å². The fourth-order valence-electron chi connectivity index (χ4n) is 2.57. The summed E-state index contributed by atoms with van der Waals surface area (Å²) in [5, 5.41) is 7.42. The highest BCUT2D eigenvalue weighted by atomic mass is 16.5. The molecule has 1 aromatic carbocycles. The molecule has 2 aromatic rings. The number of anilines is 1. The quantitative estimate of drug-likeness (QED) is 0.830. The summed E-state index contributed by atoms with van der Waals surface area (Å²) in [5.74, 6) is 1.15. The Kier molecular flexibility index (Phi) is 3.62. The minimum atomic E-state index is -0.138. The Morgan fingerprint density at radius 3 is 2.81 bits per heavy atom. The molecule has 0 radical (unpaired) electrons. The largest absolute Gasteiger partial charge is 0.497 e. The van der Waals surface area contributed by atoms with Crippen LogP contribution >= 0.6 is 0 Å². The van der Waals surface area contributed by atoms with Crippen molar-refractivity contribution in [2.75, 3.05) is 19.4 Å². The van der Waals surface area contributed by atoms with E-state index in [0.29, 0.717) is 11.4 Å². The van der Waals surface area contributed by atoms with Gasteiger partial charge in [-0.15, -0.1) is 0 Å². The number of Topliss-reactive ketones (excluding diaryl/α,β-unsaturated/α-hetero) is 1. The van der Waals surface area contributed by atoms with E-state index in [1.807, 2.05) is 24.3 Å². The van der Waals surface area contributed by atoms with Crippen LogP contribution in [0.5, 0.6) is 5.75 Å². The van der Waals surface area contributed by atoms with Crippen molar-refractivity contribution < 1.29 is 9.53 Å². The van der Waals surface area contributed by atoms with E-state index in [4.69, 9.17) is 10.5 Å². The molecular weight excluding hydrogens is 268 g/mol. The van der Waals surface area contributed by atoms with Crippen LogP contribution in [0.2, 0.25) is 0 Å². The van der Waals surface area contributed by atoms with Crippen molar-refractivity contribution in [1.29, 1.82) is 0 Å². The second-order valence-corrected chi connectivity index (χ2v) is 5.07. The van der Waals surface area contributed by atoms with Crippen LogP contribution in [0, 0.1) is 0 Å². The molecule has 1 atom stereocenters. The number of aromatic nitrogens is 2. The Morgan fingerprint density at radius 1 is 1.43 bits per heavy atom. The van der Waals surface area contributed by atoms with Gasteiger partial charge in [-0.05, 0) is 43.7 Å². The Labute approximate surface area is 122 Å². The van der Waals surface area contributed by atoms with Crippen molar-refractivity contribution in [2.45, 2.75) is 18.9 Å². The summed E-state index contributed by atoms with van der Waals surface area (Å²) in [4.78, 5) is 12.4. The number of nitrogens with one attached hydrogen (secondary N) is 1. The van der Waals surface area contributed by atoms with Crippen LogP contribution in [0.4, 0.5) is 5.82 Å². The lowest BCUT2D eigenvalue weighted by molar-refractivity contribution is 0.0953. The van der Waals surface area contributed by atoms with Gasteiger partial charge >= 0.3 is 0 Å². The molecule has 0 spiro atoms. The molecule has 1 aliphatic rings. The lowest BCUT2D eigenvalue weighted by atomic mass is 10.1. The minimum Gasteiger partial charge on any atom is -0.497 e. The molecule has 6 heteroatoms. The lowest BCUT2D eigenvalue weighted by Crippen LogP contribution is -2.31. The highest BCUT2D eigenvalue weighted by Gasteiger charge is 2.26. The predicted octanol–water partition coefficient (Wildman–Crippen LogP) is 1.40. The van der Waals surface area contributed by atoms with Crippen LogP contribution in [0.3, 0.4) is 0 Å². The molecule has 1 aromatic heterocycles. The van der Waals surface area contributed by atoms with Gasteiger partial charge in [-0.1, -0.05) is 0 Å². The van der Waals surface area contributed by atoms with Crippen molar-refractivity contribution in [3.8, 4) is 11.4 Å². The number of rotatable bonds is 4. The van der Waals surface area contributed by atoms with E-state index in [1.54, 1.807) is 18.0 Å². The van der Waals surface area contributed by atoms with Crippen molar-refractivity contribution in [3.05, 3.63) is 36.0 Å². The first-order valence-electron chi connectivity index (χ1n) is 6.96. The third-order valence-corrected chi connectivity index (χ3v) is 3.77. The molecule has 2 heterocycles. The molecule has 21 heavy (non-hydrogen) atoms. The van der Waals surface area contributed by atoms with E-state index < -0.39 is 0 Å². The zero-order valence-corrected chi connectivity index (χ0v) is 11.9. The summed E-state index contributed by atoms with van der Waals surface area (Å²) in [6.45, 7) is 0.878. The summed E-state index contributed by atoms with van der Waals surface area (Å²) in [6, 6.07) is 7.22. The van der Waals surface area contributed by atoms with Gasteiger partial charge < -0.3 is 15.8 Å². The number of ketones is 1. The average Bonchev–Trinajstić information content (AvgIpc) is 3.16. The van der Waals surface area contributed by atoms with E-state index in [1.165, 1.54) is 0 Å². The zero-order chi connectivity index (χ0) is 14.8. The second-order valence-electron chi connectivity index (χ2n) is 5.07. The number of methoxy groups -OCH3 is 1. The number of carbonyl (C=O) groups excluding carboxylic acids is 1. The number of benzene rings is 1. The highest BCUT2D eigenvalue weighted by Crippen LogP contribution is 2.22. The number of hydrogen-bond donors (Lipinski definition) is 2. The number of ether oxygens (including phenoxy) is 1. The van der Waals surface area contributed by atoms with Crippen molar-refractivity contribution in [1.82, 2.24) is 15.1 Å². The topological polar surface area (TPSA) is 82.2 Å². The van der Waals surface area contributed by atoms with Crippen LogP contribution in [0.25, 0.3) is 5.69 Å². The number of carbonyl (C=O) groups is 1. The van der Waals surface area contributed by atoms with E-state index in [0.717, 1.165) is 30.8 Å². The van der Waals surface area contributed by atoms with E-state index in [-0.39, 0.29) is 11.8 Å². The van der Waals surface area contributed by atoms with Gasteiger partial charge in [-0.2, -0.15) is 5.10 Å². The molecule has 1 saturated heterocycles. The van der Waals surface area contributed by atoms with Crippen molar-refractivity contribution in [3.63, 3.8) is 0 Å². The first-order chi connectivity index (χ1) is 10.2. The molecular formula is C15H18N4O2. The Bertz CT molecular complexity index is 642. The molecule has 1 aliphatic heterocycles. The van der Waals surface area contributed by atoms with Crippen molar-refractivity contribution >= 4 is 11.6 Å². The van der Waals surface area contributed by atoms with Crippen LogP contribution in [-0.2, 0) is 0 Å². The molecule has 3 N–H and O–H groups in total. The fourth-order valence-corrected chi connectivity index (χ4v) is 2.57. The number of hydrogen-bond acceptors (Lipinski definition) is 5. The van der Waals surface area contributed by atoms with Gasteiger partial charge in [0.2, 0.25) is 0 Å². The van der Waals surface area contributed by atoms with Crippen molar-refractivity contribution in [2.24, 2.45) is 0 Å². The molecule has 0 saturated carbocycles. The lowest BCUT2D eigenvalue weighted by Gasteiger charge is -2.09. The zero-order valence-electron chi connectivity index (χ0n) is 11.9. The molecule has 1 unspecified atom stereocenters. The highest BCUT2D eigenvalue weighted by molar-refractivity contribution is 6.03. The normalized spacial score (nSPS) is 17.9. The number of nitrogens with zero attached hydrogens (tertiary/aromatic N) is 2. The summed E-state index contributed by atoms with van der Waals surface area (Å²) in [5.41, 5.74) is 7.37. The molecule has 0 amide bonds. The van der Waals surface area contributed by atoms with Gasteiger partial charge in [-0.3, -0.25) is 4.79 Å². The maximum absolute atomic E-state index is 12.4. The standard InChI is InChI=1S/C15H18N4O2/c1-21-11-6-4-10(5-7-11)19-15(16)12(9-18-19)14(20)13-3-2-8-17-13/h4-7,9,13,17H,2-3,8,16H2,1H3. The molecule has 1 fully saturated rings. The maximum Gasteiger partial charge on any atom is 0.185 e. The number of nitrogens with two attached hydrogens (primary N) is 1. The van der Waals surface area contributed by atoms with E-state index in [9.17, 15) is 4.79 Å².